The van der Waals surface area contributed by atoms with Crippen LogP contribution in [-0.2, 0) is 0 Å². The third-order valence-electron chi connectivity index (χ3n) is 4.61. The lowest BCUT2D eigenvalue weighted by Crippen LogP contribution is -2.04. The fraction of sp³-hybridized carbons (Fsp3) is 0.286. The molecule has 1 fully saturated rings. The van der Waals surface area contributed by atoms with Gasteiger partial charge in [-0.15, -0.1) is 0 Å². The summed E-state index contributed by atoms with van der Waals surface area (Å²) in [6.07, 6.45) is 10.6. The van der Waals surface area contributed by atoms with Crippen molar-refractivity contribution in [3.63, 3.8) is 0 Å². The molecule has 1 aliphatic rings. The van der Waals surface area contributed by atoms with Crippen LogP contribution in [0.3, 0.4) is 0 Å². The molecule has 2 aromatic rings. The van der Waals surface area contributed by atoms with Crippen LogP contribution in [-0.4, -0.2) is 11.1 Å². The Bertz CT molecular complexity index is 762. The average molecular weight is 339 g/mol. The van der Waals surface area contributed by atoms with E-state index < -0.39 is 5.97 Å². The van der Waals surface area contributed by atoms with Gasteiger partial charge in [-0.3, -0.25) is 0 Å². The van der Waals surface area contributed by atoms with Gasteiger partial charge in [0.2, 0.25) is 0 Å². The van der Waals surface area contributed by atoms with E-state index in [-0.39, 0.29) is 11.4 Å². The van der Waals surface area contributed by atoms with Crippen LogP contribution in [0, 0.1) is 11.7 Å². The highest BCUT2D eigenvalue weighted by Crippen LogP contribution is 2.27. The van der Waals surface area contributed by atoms with E-state index in [0.29, 0.717) is 17.3 Å². The molecule has 0 amide bonds. The van der Waals surface area contributed by atoms with Gasteiger partial charge in [-0.25, -0.2) is 9.18 Å². The summed E-state index contributed by atoms with van der Waals surface area (Å²) in [5, 5.41) is 12.5. The number of carbonyl (C=O) groups is 1. The molecule has 0 heterocycles. The van der Waals surface area contributed by atoms with E-state index in [1.165, 1.54) is 44.2 Å². The molecule has 0 radical (unpaired) electrons. The lowest BCUT2D eigenvalue weighted by Gasteiger charge is -2.17. The van der Waals surface area contributed by atoms with E-state index in [0.717, 1.165) is 5.56 Å². The quantitative estimate of drug-likeness (QED) is 0.717. The zero-order valence-electron chi connectivity index (χ0n) is 14.0. The van der Waals surface area contributed by atoms with Gasteiger partial charge in [-0.2, -0.15) is 0 Å². The van der Waals surface area contributed by atoms with Crippen molar-refractivity contribution < 1.29 is 14.3 Å². The lowest BCUT2D eigenvalue weighted by atomic mass is 9.88. The van der Waals surface area contributed by atoms with Gasteiger partial charge in [0.25, 0.3) is 0 Å². The van der Waals surface area contributed by atoms with E-state index >= 15 is 0 Å². The highest BCUT2D eigenvalue weighted by Gasteiger charge is 2.12. The third kappa shape index (κ3) is 4.69. The van der Waals surface area contributed by atoms with Crippen molar-refractivity contribution in [1.82, 2.24) is 0 Å². The van der Waals surface area contributed by atoms with Crippen molar-refractivity contribution in [2.24, 2.45) is 5.92 Å². The Kier molecular flexibility index (Phi) is 5.49. The molecule has 0 bridgehead atoms. The van der Waals surface area contributed by atoms with Crippen molar-refractivity contribution in [3.05, 3.63) is 65.5 Å². The average Bonchev–Trinajstić information content (AvgIpc) is 2.63. The first-order valence-electron chi connectivity index (χ1n) is 8.70. The minimum absolute atomic E-state index is 0.194. The second kappa shape index (κ2) is 7.97. The Balaban J connectivity index is 1.82. The Morgan fingerprint density at radius 3 is 2.48 bits per heavy atom. The molecular formula is C21H22FNO2. The summed E-state index contributed by atoms with van der Waals surface area (Å²) in [5.74, 6) is -0.706. The normalized spacial score (nSPS) is 15.4. The van der Waals surface area contributed by atoms with Gasteiger partial charge in [0.15, 0.2) is 0 Å². The summed E-state index contributed by atoms with van der Waals surface area (Å²) in [6.45, 7) is 0. The molecule has 2 aromatic carbocycles. The van der Waals surface area contributed by atoms with E-state index in [1.807, 2.05) is 12.1 Å². The molecule has 1 saturated carbocycles. The van der Waals surface area contributed by atoms with Crippen LogP contribution in [0.4, 0.5) is 15.8 Å². The van der Waals surface area contributed by atoms with Crippen molar-refractivity contribution in [1.29, 1.82) is 0 Å². The van der Waals surface area contributed by atoms with Crippen LogP contribution in [0.5, 0.6) is 0 Å². The molecule has 0 saturated heterocycles. The van der Waals surface area contributed by atoms with Gasteiger partial charge in [0.1, 0.15) is 5.82 Å². The number of nitrogens with one attached hydrogen (secondary N) is 1. The molecule has 3 nitrogen and oxygen atoms in total. The fourth-order valence-corrected chi connectivity index (χ4v) is 3.22. The number of hydrogen-bond donors (Lipinski definition) is 2. The van der Waals surface area contributed by atoms with Gasteiger partial charge >= 0.3 is 5.97 Å². The predicted molar refractivity (Wildman–Crippen MR) is 98.7 cm³/mol. The summed E-state index contributed by atoms with van der Waals surface area (Å²) < 4.78 is 13.0. The van der Waals surface area contributed by atoms with Crippen LogP contribution < -0.4 is 5.32 Å². The number of allylic oxidation sites excluding steroid dienone is 1. The maximum Gasteiger partial charge on any atom is 0.337 e. The predicted octanol–water partition coefficient (Wildman–Crippen LogP) is 5.86. The van der Waals surface area contributed by atoms with Crippen LogP contribution in [0.1, 0.15) is 48.0 Å². The van der Waals surface area contributed by atoms with E-state index in [9.17, 15) is 14.3 Å². The van der Waals surface area contributed by atoms with Crippen molar-refractivity contribution in [2.75, 3.05) is 5.32 Å². The number of carboxylic acid groups (broad SMARTS) is 1. The fourth-order valence-electron chi connectivity index (χ4n) is 3.22. The monoisotopic (exact) mass is 339 g/mol. The maximum absolute atomic E-state index is 13.0. The summed E-state index contributed by atoms with van der Waals surface area (Å²) in [6, 6.07) is 11.1. The molecule has 0 aliphatic heterocycles. The highest BCUT2D eigenvalue weighted by atomic mass is 19.1. The number of carboxylic acids is 1. The van der Waals surface area contributed by atoms with Gasteiger partial charge < -0.3 is 10.4 Å². The number of benzene rings is 2. The highest BCUT2D eigenvalue weighted by molar-refractivity contribution is 5.95. The van der Waals surface area contributed by atoms with Crippen LogP contribution >= 0.6 is 0 Å². The van der Waals surface area contributed by atoms with E-state index in [1.54, 1.807) is 18.2 Å². The van der Waals surface area contributed by atoms with Gasteiger partial charge in [0, 0.05) is 5.69 Å². The molecule has 3 rings (SSSR count). The minimum Gasteiger partial charge on any atom is -0.478 e. The molecule has 25 heavy (non-hydrogen) atoms. The topological polar surface area (TPSA) is 49.3 Å². The largest absolute Gasteiger partial charge is 0.478 e. The number of anilines is 2. The first kappa shape index (κ1) is 17.2. The standard InChI is InChI=1S/C21H22FNO2/c22-17-9-11-18(12-10-17)23-20-14-16(8-13-19(20)21(24)25)7-6-15-4-2-1-3-5-15/h6-15,23H,1-5H2,(H,24,25). The lowest BCUT2D eigenvalue weighted by molar-refractivity contribution is 0.0698. The van der Waals surface area contributed by atoms with Crippen molar-refractivity contribution >= 4 is 23.4 Å². The van der Waals surface area contributed by atoms with Gasteiger partial charge in [0.05, 0.1) is 11.3 Å². The third-order valence-corrected chi connectivity index (χ3v) is 4.61. The molecule has 0 aromatic heterocycles. The summed E-state index contributed by atoms with van der Waals surface area (Å²) in [7, 11) is 0. The second-order valence-corrected chi connectivity index (χ2v) is 6.50. The van der Waals surface area contributed by atoms with Crippen LogP contribution in [0.15, 0.2) is 48.5 Å². The molecule has 130 valence electrons. The number of hydrogen-bond acceptors (Lipinski definition) is 2. The molecule has 1 aliphatic carbocycles. The SMILES string of the molecule is O=C(O)c1ccc(C=CC2CCCCC2)cc1Nc1ccc(F)cc1. The zero-order valence-corrected chi connectivity index (χ0v) is 14.0. The van der Waals surface area contributed by atoms with E-state index in [2.05, 4.69) is 17.5 Å². The molecule has 0 atom stereocenters. The zero-order chi connectivity index (χ0) is 17.6. The van der Waals surface area contributed by atoms with Crippen LogP contribution in [0.2, 0.25) is 0 Å². The molecule has 0 unspecified atom stereocenters. The molecule has 4 heteroatoms. The molecular weight excluding hydrogens is 317 g/mol. The maximum atomic E-state index is 13.0. The van der Waals surface area contributed by atoms with Gasteiger partial charge in [-0.05, 0) is 60.7 Å². The number of halogens is 1. The van der Waals surface area contributed by atoms with Crippen LogP contribution in [0.25, 0.3) is 6.08 Å². The first-order chi connectivity index (χ1) is 12.1. The Hall–Kier alpha value is -2.62. The Morgan fingerprint density at radius 1 is 1.08 bits per heavy atom. The second-order valence-electron chi connectivity index (χ2n) is 6.50. The van der Waals surface area contributed by atoms with Gasteiger partial charge in [-0.1, -0.05) is 37.5 Å². The molecule has 0 spiro atoms. The summed E-state index contributed by atoms with van der Waals surface area (Å²) >= 11 is 0. The smallest absolute Gasteiger partial charge is 0.337 e. The first-order valence-corrected chi connectivity index (χ1v) is 8.70. The number of aromatic carboxylic acids is 1. The Morgan fingerprint density at radius 2 is 1.80 bits per heavy atom. The van der Waals surface area contributed by atoms with Crippen molar-refractivity contribution in [2.45, 2.75) is 32.1 Å². The van der Waals surface area contributed by atoms with E-state index in [4.69, 9.17) is 0 Å². The minimum atomic E-state index is -0.993. The summed E-state index contributed by atoms with van der Waals surface area (Å²) in [4.78, 5) is 11.5. The van der Waals surface area contributed by atoms with Crippen molar-refractivity contribution in [3.8, 4) is 0 Å². The summed E-state index contributed by atoms with van der Waals surface area (Å²) in [5.41, 5.74) is 2.31. The molecule has 2 N–H and O–H groups in total. The Labute approximate surface area is 147 Å². The number of rotatable bonds is 5.